The lowest BCUT2D eigenvalue weighted by Crippen LogP contribution is -2.71. The molecule has 192 valence electrons. The molecule has 0 bridgehead atoms. The van der Waals surface area contributed by atoms with Crippen LogP contribution in [-0.4, -0.2) is 32.8 Å². The molecule has 7 heteroatoms. The fourth-order valence-corrected chi connectivity index (χ4v) is 9.26. The summed E-state index contributed by atoms with van der Waals surface area (Å²) in [4.78, 5) is 26.1. The van der Waals surface area contributed by atoms with E-state index in [1.54, 1.807) is 18.2 Å². The van der Waals surface area contributed by atoms with E-state index in [0.717, 1.165) is 30.4 Å². The van der Waals surface area contributed by atoms with Crippen molar-refractivity contribution in [2.75, 3.05) is 0 Å². The van der Waals surface area contributed by atoms with Gasteiger partial charge >= 0.3 is 0 Å². The van der Waals surface area contributed by atoms with Gasteiger partial charge < -0.3 is 15.2 Å². The van der Waals surface area contributed by atoms with Crippen LogP contribution in [-0.2, 0) is 11.2 Å². The number of carbonyl (C=O) groups is 2. The SMILES string of the molecule is C[C@H]1CC[C@H]2C(C)(C)C(=O)[C@H](Br)C[C@]23Oc2c(ccc4c2[C@H](C2(O)C=CC(Cl)=CC2)NC4=O)C[C@]13C. The predicted molar refractivity (Wildman–Crippen MR) is 142 cm³/mol. The first-order chi connectivity index (χ1) is 16.8. The summed E-state index contributed by atoms with van der Waals surface area (Å²) < 4.78 is 7.28. The number of amides is 1. The first-order valence-corrected chi connectivity index (χ1v) is 14.2. The van der Waals surface area contributed by atoms with Crippen LogP contribution in [0.4, 0.5) is 0 Å². The zero-order valence-electron chi connectivity index (χ0n) is 21.2. The average Bonchev–Trinajstić information content (AvgIpc) is 3.17. The summed E-state index contributed by atoms with van der Waals surface area (Å²) in [5, 5.41) is 15.3. The van der Waals surface area contributed by atoms with E-state index in [4.69, 9.17) is 16.3 Å². The summed E-state index contributed by atoms with van der Waals surface area (Å²) >= 11 is 9.88. The summed E-state index contributed by atoms with van der Waals surface area (Å²) in [6, 6.07) is 3.25. The summed E-state index contributed by atoms with van der Waals surface area (Å²) in [6.45, 7) is 8.78. The average molecular weight is 575 g/mol. The van der Waals surface area contributed by atoms with Crippen LogP contribution in [0.5, 0.6) is 5.75 Å². The third-order valence-electron chi connectivity index (χ3n) is 10.4. The normalized spacial score (nSPS) is 42.4. The van der Waals surface area contributed by atoms with Gasteiger partial charge in [0, 0.05) is 45.7 Å². The van der Waals surface area contributed by atoms with E-state index in [1.807, 2.05) is 12.1 Å². The zero-order valence-corrected chi connectivity index (χ0v) is 23.5. The number of hydrogen-bond donors (Lipinski definition) is 2. The van der Waals surface area contributed by atoms with Crippen LogP contribution in [0.25, 0.3) is 0 Å². The van der Waals surface area contributed by atoms with Crippen LogP contribution < -0.4 is 10.1 Å². The smallest absolute Gasteiger partial charge is 0.252 e. The molecule has 2 fully saturated rings. The topological polar surface area (TPSA) is 75.6 Å². The van der Waals surface area contributed by atoms with Gasteiger partial charge in [0.05, 0.1) is 10.9 Å². The molecule has 1 amide bonds. The van der Waals surface area contributed by atoms with Gasteiger partial charge in [0.2, 0.25) is 0 Å². The second-order valence-electron chi connectivity index (χ2n) is 12.4. The summed E-state index contributed by atoms with van der Waals surface area (Å²) in [5.74, 6) is 1.20. The number of hydrogen-bond acceptors (Lipinski definition) is 4. The van der Waals surface area contributed by atoms with Gasteiger partial charge in [-0.05, 0) is 49.0 Å². The van der Waals surface area contributed by atoms with Crippen LogP contribution in [0.1, 0.15) is 80.9 Å². The van der Waals surface area contributed by atoms with E-state index in [9.17, 15) is 14.7 Å². The lowest BCUT2D eigenvalue weighted by molar-refractivity contribution is -0.207. The third kappa shape index (κ3) is 3.04. The molecule has 1 aromatic carbocycles. The highest BCUT2D eigenvalue weighted by molar-refractivity contribution is 9.10. The van der Waals surface area contributed by atoms with Crippen molar-refractivity contribution in [3.63, 3.8) is 0 Å². The Kier molecular flexibility index (Phi) is 5.28. The van der Waals surface area contributed by atoms with Gasteiger partial charge in [0.25, 0.3) is 5.91 Å². The molecule has 0 saturated heterocycles. The number of alkyl halides is 1. The molecule has 7 atom stereocenters. The Morgan fingerprint density at radius 2 is 1.94 bits per heavy atom. The highest BCUT2D eigenvalue weighted by atomic mass is 79.9. The van der Waals surface area contributed by atoms with Gasteiger partial charge in [-0.25, -0.2) is 0 Å². The minimum absolute atomic E-state index is 0.0550. The summed E-state index contributed by atoms with van der Waals surface area (Å²) in [5.41, 5.74) is -0.257. The van der Waals surface area contributed by atoms with Crippen LogP contribution >= 0.6 is 27.5 Å². The van der Waals surface area contributed by atoms with Crippen molar-refractivity contribution in [1.29, 1.82) is 0 Å². The number of fused-ring (bicyclic) bond motifs is 3. The van der Waals surface area contributed by atoms with E-state index in [0.29, 0.717) is 35.1 Å². The molecule has 5 nitrogen and oxygen atoms in total. The Labute approximate surface area is 225 Å². The van der Waals surface area contributed by atoms with Crippen molar-refractivity contribution in [1.82, 2.24) is 5.32 Å². The highest BCUT2D eigenvalue weighted by Crippen LogP contribution is 2.66. The van der Waals surface area contributed by atoms with Crippen molar-refractivity contribution in [3.05, 3.63) is 52.1 Å². The number of ether oxygens (including phenoxy) is 1. The van der Waals surface area contributed by atoms with Gasteiger partial charge in [0.1, 0.15) is 17.0 Å². The number of Topliss-reactive ketones (excluding diaryl/α,β-unsaturated/α-hetero) is 1. The second kappa shape index (κ2) is 7.70. The number of nitrogens with one attached hydrogen (secondary N) is 1. The number of benzene rings is 1. The maximum Gasteiger partial charge on any atom is 0.252 e. The Morgan fingerprint density at radius 1 is 1.19 bits per heavy atom. The Bertz CT molecular complexity index is 1260. The van der Waals surface area contributed by atoms with Crippen LogP contribution in [0.15, 0.2) is 35.4 Å². The van der Waals surface area contributed by atoms with Gasteiger partial charge in [-0.3, -0.25) is 9.59 Å². The molecule has 6 rings (SSSR count). The van der Waals surface area contributed by atoms with E-state index in [-0.39, 0.29) is 27.9 Å². The zero-order chi connectivity index (χ0) is 25.8. The van der Waals surface area contributed by atoms with Crippen LogP contribution in [0, 0.1) is 22.7 Å². The Balaban J connectivity index is 1.54. The van der Waals surface area contributed by atoms with Crippen molar-refractivity contribution >= 4 is 39.2 Å². The summed E-state index contributed by atoms with van der Waals surface area (Å²) in [6.07, 6.45) is 8.82. The fourth-order valence-electron chi connectivity index (χ4n) is 8.05. The molecule has 0 radical (unpaired) electrons. The predicted octanol–water partition coefficient (Wildman–Crippen LogP) is 5.77. The molecule has 0 aromatic heterocycles. The van der Waals surface area contributed by atoms with Gasteiger partial charge in [0.15, 0.2) is 5.78 Å². The van der Waals surface area contributed by atoms with E-state index in [2.05, 4.69) is 48.9 Å². The number of rotatable bonds is 1. The monoisotopic (exact) mass is 573 g/mol. The van der Waals surface area contributed by atoms with Crippen LogP contribution in [0.2, 0.25) is 0 Å². The molecule has 1 aromatic rings. The Hall–Kier alpha value is -1.63. The van der Waals surface area contributed by atoms with Crippen molar-refractivity contribution in [2.24, 2.45) is 22.7 Å². The van der Waals surface area contributed by atoms with E-state index >= 15 is 0 Å². The molecule has 1 unspecified atom stereocenters. The second-order valence-corrected chi connectivity index (χ2v) is 14.0. The van der Waals surface area contributed by atoms with Gasteiger partial charge in [-0.2, -0.15) is 0 Å². The van der Waals surface area contributed by atoms with Gasteiger partial charge in [-0.1, -0.05) is 67.4 Å². The number of ketones is 1. The molecular weight excluding hydrogens is 542 g/mol. The highest BCUT2D eigenvalue weighted by Gasteiger charge is 2.69. The van der Waals surface area contributed by atoms with Crippen molar-refractivity contribution in [3.8, 4) is 5.75 Å². The van der Waals surface area contributed by atoms with Crippen molar-refractivity contribution in [2.45, 2.75) is 81.9 Å². The number of aliphatic hydroxyl groups is 1. The third-order valence-corrected chi connectivity index (χ3v) is 11.4. The maximum atomic E-state index is 13.3. The molecule has 2 saturated carbocycles. The quantitative estimate of drug-likeness (QED) is 0.418. The first-order valence-electron chi connectivity index (χ1n) is 13.0. The lowest BCUT2D eigenvalue weighted by Gasteiger charge is -2.66. The first kappa shape index (κ1) is 24.7. The largest absolute Gasteiger partial charge is 0.486 e. The number of carbonyl (C=O) groups excluding carboxylic acids is 2. The van der Waals surface area contributed by atoms with Crippen LogP contribution in [0.3, 0.4) is 0 Å². The molecule has 1 spiro atoms. The molecule has 5 aliphatic rings. The summed E-state index contributed by atoms with van der Waals surface area (Å²) in [7, 11) is 0. The van der Waals surface area contributed by atoms with E-state index < -0.39 is 22.7 Å². The molecular formula is C29H33BrClNO4. The molecule has 2 N–H and O–H groups in total. The lowest BCUT2D eigenvalue weighted by atomic mass is 9.44. The molecule has 3 aliphatic carbocycles. The minimum atomic E-state index is -1.31. The molecule has 2 heterocycles. The van der Waals surface area contributed by atoms with Gasteiger partial charge in [-0.15, -0.1) is 0 Å². The minimum Gasteiger partial charge on any atom is -0.486 e. The fraction of sp³-hybridized carbons (Fsp3) is 0.586. The Morgan fingerprint density at radius 3 is 2.64 bits per heavy atom. The molecule has 2 aliphatic heterocycles. The van der Waals surface area contributed by atoms with Crippen molar-refractivity contribution < 1.29 is 19.4 Å². The molecule has 36 heavy (non-hydrogen) atoms. The maximum absolute atomic E-state index is 13.3. The number of halogens is 2. The standard InChI is InChI=1S/C29H33BrClNO4/c1-15-5-8-20-26(2,3)24(33)19(30)14-29(20)27(15,4)13-16-6-7-18-21(22(16)36-29)23(32-25(18)34)28(35)11-9-17(31)10-12-28/h6-7,9-11,15,19-20,23,35H,5,8,12-14H2,1-4H3,(H,32,34)/t15-,19+,20-,23+,27+,28?,29-/m0/s1. The van der Waals surface area contributed by atoms with E-state index in [1.165, 1.54) is 0 Å². The number of allylic oxidation sites excluding steroid dienone is 2.